The van der Waals surface area contributed by atoms with Crippen molar-refractivity contribution in [1.82, 2.24) is 11.1 Å². The SMILES string of the molecule is C=CCN(CC)CC=C.N. The summed E-state index contributed by atoms with van der Waals surface area (Å²) < 4.78 is 0. The lowest BCUT2D eigenvalue weighted by Crippen LogP contribution is -2.22. The molecular weight excluding hydrogens is 124 g/mol. The van der Waals surface area contributed by atoms with Crippen LogP contribution in [0.4, 0.5) is 0 Å². The smallest absolute Gasteiger partial charge is 0.0163 e. The molecule has 0 spiro atoms. The van der Waals surface area contributed by atoms with Crippen LogP contribution in [0, 0.1) is 0 Å². The molecule has 0 amide bonds. The molecule has 3 N–H and O–H groups in total. The second-order valence-electron chi connectivity index (χ2n) is 1.93. The molecule has 0 saturated heterocycles. The second-order valence-corrected chi connectivity index (χ2v) is 1.93. The summed E-state index contributed by atoms with van der Waals surface area (Å²) in [5.74, 6) is 0. The van der Waals surface area contributed by atoms with Crippen LogP contribution in [0.1, 0.15) is 6.92 Å². The van der Waals surface area contributed by atoms with Crippen molar-refractivity contribution in [3.63, 3.8) is 0 Å². The van der Waals surface area contributed by atoms with E-state index in [-0.39, 0.29) is 6.15 Å². The topological polar surface area (TPSA) is 38.2 Å². The van der Waals surface area contributed by atoms with E-state index in [0.717, 1.165) is 19.6 Å². The molecule has 0 aliphatic rings. The van der Waals surface area contributed by atoms with Crippen LogP contribution in [-0.2, 0) is 0 Å². The lowest BCUT2D eigenvalue weighted by Gasteiger charge is -2.14. The molecule has 10 heavy (non-hydrogen) atoms. The van der Waals surface area contributed by atoms with E-state index in [9.17, 15) is 0 Å². The van der Waals surface area contributed by atoms with Crippen molar-refractivity contribution in [2.75, 3.05) is 19.6 Å². The van der Waals surface area contributed by atoms with Gasteiger partial charge in [-0.25, -0.2) is 0 Å². The molecule has 0 heterocycles. The first-order valence-electron chi connectivity index (χ1n) is 3.29. The zero-order chi connectivity index (χ0) is 7.11. The van der Waals surface area contributed by atoms with Gasteiger partial charge in [-0.15, -0.1) is 13.2 Å². The van der Waals surface area contributed by atoms with Crippen LogP contribution in [0.15, 0.2) is 25.3 Å². The van der Waals surface area contributed by atoms with Gasteiger partial charge in [0.15, 0.2) is 0 Å². The minimum atomic E-state index is 0. The molecule has 60 valence electrons. The predicted octanol–water partition coefficient (Wildman–Crippen LogP) is 1.84. The molecule has 0 aliphatic carbocycles. The van der Waals surface area contributed by atoms with Gasteiger partial charge >= 0.3 is 0 Å². The van der Waals surface area contributed by atoms with Gasteiger partial charge in [0.05, 0.1) is 0 Å². The van der Waals surface area contributed by atoms with Gasteiger partial charge in [0, 0.05) is 13.1 Å². The van der Waals surface area contributed by atoms with Crippen LogP contribution >= 0.6 is 0 Å². The Balaban J connectivity index is 0. The Kier molecular flexibility index (Phi) is 10.2. The monoisotopic (exact) mass is 142 g/mol. The van der Waals surface area contributed by atoms with Crippen LogP contribution in [-0.4, -0.2) is 24.5 Å². The highest BCUT2D eigenvalue weighted by molar-refractivity contribution is 4.78. The van der Waals surface area contributed by atoms with Gasteiger partial charge in [-0.05, 0) is 6.54 Å². The maximum Gasteiger partial charge on any atom is 0.0163 e. The molecule has 0 fully saturated rings. The largest absolute Gasteiger partial charge is 0.344 e. The summed E-state index contributed by atoms with van der Waals surface area (Å²) >= 11 is 0. The highest BCUT2D eigenvalue weighted by atomic mass is 15.1. The lowest BCUT2D eigenvalue weighted by molar-refractivity contribution is 0.355. The Hall–Kier alpha value is -0.600. The van der Waals surface area contributed by atoms with E-state index >= 15 is 0 Å². The molecule has 0 rings (SSSR count). The summed E-state index contributed by atoms with van der Waals surface area (Å²) in [6.07, 6.45) is 3.82. The highest BCUT2D eigenvalue weighted by Crippen LogP contribution is 1.86. The van der Waals surface area contributed by atoms with Gasteiger partial charge in [-0.3, -0.25) is 4.90 Å². The van der Waals surface area contributed by atoms with Crippen molar-refractivity contribution in [3.05, 3.63) is 25.3 Å². The fourth-order valence-electron chi connectivity index (χ4n) is 0.698. The molecule has 0 atom stereocenters. The van der Waals surface area contributed by atoms with Gasteiger partial charge in [-0.1, -0.05) is 19.1 Å². The fraction of sp³-hybridized carbons (Fsp3) is 0.500. The molecule has 0 aromatic heterocycles. The Morgan fingerprint density at radius 1 is 1.20 bits per heavy atom. The third-order valence-electron chi connectivity index (χ3n) is 1.22. The molecular formula is C8H18N2. The van der Waals surface area contributed by atoms with Crippen molar-refractivity contribution >= 4 is 0 Å². The summed E-state index contributed by atoms with van der Waals surface area (Å²) in [5.41, 5.74) is 0. The lowest BCUT2D eigenvalue weighted by atomic mass is 10.4. The molecule has 0 aliphatic heterocycles. The summed E-state index contributed by atoms with van der Waals surface area (Å²) in [5, 5.41) is 0. The van der Waals surface area contributed by atoms with Crippen molar-refractivity contribution in [1.29, 1.82) is 0 Å². The maximum absolute atomic E-state index is 3.65. The minimum Gasteiger partial charge on any atom is -0.344 e. The Bertz CT molecular complexity index is 79.3. The molecule has 0 unspecified atom stereocenters. The van der Waals surface area contributed by atoms with Crippen LogP contribution < -0.4 is 6.15 Å². The first kappa shape index (κ1) is 12.1. The zero-order valence-corrected chi connectivity index (χ0v) is 6.84. The third-order valence-corrected chi connectivity index (χ3v) is 1.22. The van der Waals surface area contributed by atoms with Gasteiger partial charge in [0.25, 0.3) is 0 Å². The van der Waals surface area contributed by atoms with Gasteiger partial charge < -0.3 is 6.15 Å². The van der Waals surface area contributed by atoms with Crippen molar-refractivity contribution in [2.45, 2.75) is 6.92 Å². The molecule has 0 aromatic carbocycles. The van der Waals surface area contributed by atoms with E-state index < -0.39 is 0 Å². The number of hydrogen-bond acceptors (Lipinski definition) is 2. The molecule has 0 bridgehead atoms. The highest BCUT2D eigenvalue weighted by Gasteiger charge is 1.92. The summed E-state index contributed by atoms with van der Waals surface area (Å²) in [4.78, 5) is 2.25. The van der Waals surface area contributed by atoms with E-state index in [1.807, 2.05) is 12.2 Å². The standard InChI is InChI=1S/C8H15N.H3N/c1-4-7-9(6-3)8-5-2;/h4-5H,1-2,6-8H2,3H3;1H3. The summed E-state index contributed by atoms with van der Waals surface area (Å²) in [6.45, 7) is 12.4. The molecule has 0 aromatic rings. The average Bonchev–Trinajstić information content (AvgIpc) is 1.88. The first-order valence-corrected chi connectivity index (χ1v) is 3.29. The van der Waals surface area contributed by atoms with Crippen molar-refractivity contribution in [2.24, 2.45) is 0 Å². The van der Waals surface area contributed by atoms with E-state index in [2.05, 4.69) is 25.0 Å². The Morgan fingerprint density at radius 3 is 1.80 bits per heavy atom. The van der Waals surface area contributed by atoms with Crippen molar-refractivity contribution < 1.29 is 0 Å². The number of hydrogen-bond donors (Lipinski definition) is 1. The molecule has 0 radical (unpaired) electrons. The number of rotatable bonds is 5. The average molecular weight is 142 g/mol. The van der Waals surface area contributed by atoms with Crippen molar-refractivity contribution in [3.8, 4) is 0 Å². The third kappa shape index (κ3) is 5.54. The van der Waals surface area contributed by atoms with E-state index in [0.29, 0.717) is 0 Å². The number of nitrogens with zero attached hydrogens (tertiary/aromatic N) is 1. The molecule has 0 saturated carbocycles. The fourth-order valence-corrected chi connectivity index (χ4v) is 0.698. The van der Waals surface area contributed by atoms with Crippen LogP contribution in [0.25, 0.3) is 0 Å². The van der Waals surface area contributed by atoms with E-state index in [1.165, 1.54) is 0 Å². The summed E-state index contributed by atoms with van der Waals surface area (Å²) in [6, 6.07) is 0. The molecule has 2 nitrogen and oxygen atoms in total. The van der Waals surface area contributed by atoms with E-state index in [1.54, 1.807) is 0 Å². The summed E-state index contributed by atoms with van der Waals surface area (Å²) in [7, 11) is 0. The quantitative estimate of drug-likeness (QED) is 0.595. The number of likely N-dealkylation sites (N-methyl/N-ethyl adjacent to an activating group) is 1. The first-order chi connectivity index (χ1) is 4.35. The zero-order valence-electron chi connectivity index (χ0n) is 6.84. The van der Waals surface area contributed by atoms with Crippen LogP contribution in [0.3, 0.4) is 0 Å². The van der Waals surface area contributed by atoms with Gasteiger partial charge in [0.1, 0.15) is 0 Å². The van der Waals surface area contributed by atoms with Gasteiger partial charge in [-0.2, -0.15) is 0 Å². The van der Waals surface area contributed by atoms with Crippen LogP contribution in [0.5, 0.6) is 0 Å². The minimum absolute atomic E-state index is 0. The second kappa shape index (κ2) is 8.40. The normalized spacial score (nSPS) is 8.60. The molecule has 2 heteroatoms. The van der Waals surface area contributed by atoms with Gasteiger partial charge in [0.2, 0.25) is 0 Å². The Labute approximate surface area is 63.8 Å². The Morgan fingerprint density at radius 2 is 1.60 bits per heavy atom. The maximum atomic E-state index is 3.65. The van der Waals surface area contributed by atoms with E-state index in [4.69, 9.17) is 0 Å². The van der Waals surface area contributed by atoms with Crippen LogP contribution in [0.2, 0.25) is 0 Å². The predicted molar refractivity (Wildman–Crippen MR) is 47.5 cm³/mol.